The molecule has 3 nitrogen and oxygen atoms in total. The zero-order chi connectivity index (χ0) is 14.3. The summed E-state index contributed by atoms with van der Waals surface area (Å²) in [4.78, 5) is 11.7. The minimum atomic E-state index is -0.550. The first-order chi connectivity index (χ1) is 8.23. The summed E-state index contributed by atoms with van der Waals surface area (Å²) in [7, 11) is 0. The van der Waals surface area contributed by atoms with E-state index in [1.165, 1.54) is 0 Å². The van der Waals surface area contributed by atoms with Gasteiger partial charge in [-0.15, -0.1) is 0 Å². The van der Waals surface area contributed by atoms with Crippen LogP contribution in [0.2, 0.25) is 0 Å². The Balaban J connectivity index is 4.34. The van der Waals surface area contributed by atoms with Gasteiger partial charge in [-0.3, -0.25) is 4.79 Å². The maximum atomic E-state index is 11.7. The molecule has 108 valence electrons. The van der Waals surface area contributed by atoms with Crippen molar-refractivity contribution in [2.75, 3.05) is 6.61 Å². The molecule has 0 rings (SSSR count). The number of esters is 1. The Morgan fingerprint density at radius 2 is 1.83 bits per heavy atom. The van der Waals surface area contributed by atoms with Gasteiger partial charge in [0.2, 0.25) is 0 Å². The van der Waals surface area contributed by atoms with Crippen LogP contribution in [0, 0.1) is 17.3 Å². The second-order valence-corrected chi connectivity index (χ2v) is 6.25. The zero-order valence-electron chi connectivity index (χ0n) is 12.8. The van der Waals surface area contributed by atoms with Crippen molar-refractivity contribution < 1.29 is 14.6 Å². The molecule has 0 aromatic heterocycles. The monoisotopic (exact) mass is 258 g/mol. The lowest BCUT2D eigenvalue weighted by atomic mass is 9.84. The number of aliphatic hydroxyl groups excluding tert-OH is 1. The lowest BCUT2D eigenvalue weighted by Crippen LogP contribution is -2.33. The lowest BCUT2D eigenvalue weighted by Gasteiger charge is -2.28. The first kappa shape index (κ1) is 17.4. The third-order valence-corrected chi connectivity index (χ3v) is 3.49. The molecule has 1 N–H and O–H groups in total. The highest BCUT2D eigenvalue weighted by atomic mass is 16.5. The van der Waals surface area contributed by atoms with E-state index in [-0.39, 0.29) is 18.5 Å². The van der Waals surface area contributed by atoms with Gasteiger partial charge in [-0.1, -0.05) is 33.6 Å². The fraction of sp³-hybridized carbons (Fsp3) is 0.933. The smallest absolute Gasteiger partial charge is 0.311 e. The first-order valence-electron chi connectivity index (χ1n) is 7.09. The van der Waals surface area contributed by atoms with Gasteiger partial charge in [0.15, 0.2) is 0 Å². The molecule has 0 fully saturated rings. The standard InChI is InChI=1S/C15H30O3/c1-7-9-12(11(3)8-2)13(16)10-18-14(17)15(4,5)6/h11-13,16H,7-10H2,1-6H3/t11?,12-,13-/m0/s1. The topological polar surface area (TPSA) is 46.5 Å². The average molecular weight is 258 g/mol. The van der Waals surface area contributed by atoms with Crippen LogP contribution in [-0.2, 0) is 9.53 Å². The summed E-state index contributed by atoms with van der Waals surface area (Å²) in [5.74, 6) is 0.419. The van der Waals surface area contributed by atoms with Crippen molar-refractivity contribution in [3.8, 4) is 0 Å². The molecule has 0 radical (unpaired) electrons. The summed E-state index contributed by atoms with van der Waals surface area (Å²) in [5, 5.41) is 10.2. The Kier molecular flexibility index (Phi) is 7.53. The molecule has 0 heterocycles. The van der Waals surface area contributed by atoms with Crippen LogP contribution in [0.4, 0.5) is 0 Å². The van der Waals surface area contributed by atoms with Crippen LogP contribution in [-0.4, -0.2) is 23.8 Å². The van der Waals surface area contributed by atoms with E-state index >= 15 is 0 Å². The number of hydrogen-bond acceptors (Lipinski definition) is 3. The van der Waals surface area contributed by atoms with Crippen molar-refractivity contribution in [1.82, 2.24) is 0 Å². The summed E-state index contributed by atoms with van der Waals surface area (Å²) in [6.07, 6.45) is 2.50. The minimum absolute atomic E-state index is 0.116. The van der Waals surface area contributed by atoms with E-state index in [9.17, 15) is 9.90 Å². The van der Waals surface area contributed by atoms with Crippen molar-refractivity contribution in [2.45, 2.75) is 66.9 Å². The largest absolute Gasteiger partial charge is 0.463 e. The van der Waals surface area contributed by atoms with Crippen LogP contribution in [0.15, 0.2) is 0 Å². The molecule has 1 unspecified atom stereocenters. The highest BCUT2D eigenvalue weighted by Crippen LogP contribution is 2.25. The summed E-state index contributed by atoms with van der Waals surface area (Å²) in [6.45, 7) is 12.0. The van der Waals surface area contributed by atoms with Crippen molar-refractivity contribution in [3.63, 3.8) is 0 Å². The molecule has 0 aliphatic carbocycles. The molecule has 0 aliphatic rings. The van der Waals surface area contributed by atoms with Crippen molar-refractivity contribution in [1.29, 1.82) is 0 Å². The fourth-order valence-electron chi connectivity index (χ4n) is 1.99. The Morgan fingerprint density at radius 1 is 1.28 bits per heavy atom. The Morgan fingerprint density at radius 3 is 2.22 bits per heavy atom. The summed E-state index contributed by atoms with van der Waals surface area (Å²) < 4.78 is 5.20. The van der Waals surface area contributed by atoms with Crippen molar-refractivity contribution >= 4 is 5.97 Å². The maximum Gasteiger partial charge on any atom is 0.311 e. The SMILES string of the molecule is CCC[C@@H](C(C)CC)[C@@H](O)COC(=O)C(C)(C)C. The quantitative estimate of drug-likeness (QED) is 0.712. The normalized spacial score (nSPS) is 17.1. The number of carbonyl (C=O) groups excluding carboxylic acids is 1. The molecule has 0 spiro atoms. The van der Waals surface area contributed by atoms with Crippen LogP contribution in [0.25, 0.3) is 0 Å². The van der Waals surface area contributed by atoms with Crippen LogP contribution in [0.1, 0.15) is 60.8 Å². The minimum Gasteiger partial charge on any atom is -0.463 e. The maximum absolute atomic E-state index is 11.7. The third kappa shape index (κ3) is 5.85. The predicted molar refractivity (Wildman–Crippen MR) is 74.3 cm³/mol. The van der Waals surface area contributed by atoms with Crippen LogP contribution in [0.5, 0.6) is 0 Å². The predicted octanol–water partition coefficient (Wildman–Crippen LogP) is 3.40. The van der Waals surface area contributed by atoms with E-state index in [0.29, 0.717) is 5.92 Å². The third-order valence-electron chi connectivity index (χ3n) is 3.49. The van der Waals surface area contributed by atoms with E-state index < -0.39 is 11.5 Å². The van der Waals surface area contributed by atoms with Crippen LogP contribution < -0.4 is 0 Å². The number of aliphatic hydroxyl groups is 1. The van der Waals surface area contributed by atoms with Gasteiger partial charge < -0.3 is 9.84 Å². The van der Waals surface area contributed by atoms with E-state index in [1.54, 1.807) is 0 Å². The van der Waals surface area contributed by atoms with Gasteiger partial charge in [0.25, 0.3) is 0 Å². The molecule has 3 heteroatoms. The first-order valence-corrected chi connectivity index (χ1v) is 7.09. The highest BCUT2D eigenvalue weighted by Gasteiger charge is 2.28. The molecular weight excluding hydrogens is 228 g/mol. The molecule has 18 heavy (non-hydrogen) atoms. The molecular formula is C15H30O3. The van der Waals surface area contributed by atoms with Gasteiger partial charge in [-0.2, -0.15) is 0 Å². The number of ether oxygens (including phenoxy) is 1. The van der Waals surface area contributed by atoms with Gasteiger partial charge in [-0.05, 0) is 39.0 Å². The average Bonchev–Trinajstić information content (AvgIpc) is 2.30. The Bertz CT molecular complexity index is 243. The Labute approximate surface area is 112 Å². The van der Waals surface area contributed by atoms with Crippen molar-refractivity contribution in [2.24, 2.45) is 17.3 Å². The van der Waals surface area contributed by atoms with Crippen molar-refractivity contribution in [3.05, 3.63) is 0 Å². The summed E-state index contributed by atoms with van der Waals surface area (Å²) in [6, 6.07) is 0. The number of hydrogen-bond donors (Lipinski definition) is 1. The van der Waals surface area contributed by atoms with Gasteiger partial charge in [0.1, 0.15) is 6.61 Å². The lowest BCUT2D eigenvalue weighted by molar-refractivity contribution is -0.157. The molecule has 0 aromatic carbocycles. The molecule has 0 aromatic rings. The molecule has 3 atom stereocenters. The van der Waals surface area contributed by atoms with E-state index in [1.807, 2.05) is 20.8 Å². The van der Waals surface area contributed by atoms with Crippen LogP contribution in [0.3, 0.4) is 0 Å². The highest BCUT2D eigenvalue weighted by molar-refractivity contribution is 5.75. The second-order valence-electron chi connectivity index (χ2n) is 6.25. The molecule has 0 saturated heterocycles. The fourth-order valence-corrected chi connectivity index (χ4v) is 1.99. The number of carbonyl (C=O) groups is 1. The van der Waals surface area contributed by atoms with Gasteiger partial charge in [0.05, 0.1) is 11.5 Å². The molecule has 0 saturated carbocycles. The zero-order valence-corrected chi connectivity index (χ0v) is 12.8. The molecule has 0 aliphatic heterocycles. The van der Waals surface area contributed by atoms with Crippen LogP contribution >= 0.6 is 0 Å². The van der Waals surface area contributed by atoms with E-state index in [4.69, 9.17) is 4.74 Å². The summed E-state index contributed by atoms with van der Waals surface area (Å²) >= 11 is 0. The van der Waals surface area contributed by atoms with E-state index in [0.717, 1.165) is 19.3 Å². The van der Waals surface area contributed by atoms with Gasteiger partial charge in [0, 0.05) is 0 Å². The molecule has 0 bridgehead atoms. The van der Waals surface area contributed by atoms with Gasteiger partial charge in [-0.25, -0.2) is 0 Å². The van der Waals surface area contributed by atoms with Gasteiger partial charge >= 0.3 is 5.97 Å². The number of rotatable bonds is 7. The summed E-state index contributed by atoms with van der Waals surface area (Å²) in [5.41, 5.74) is -0.504. The van der Waals surface area contributed by atoms with E-state index in [2.05, 4.69) is 20.8 Å². The second kappa shape index (κ2) is 7.78. The Hall–Kier alpha value is -0.570. The molecule has 0 amide bonds.